The number of para-hydroxylation sites is 1. The summed E-state index contributed by atoms with van der Waals surface area (Å²) >= 11 is 0. The molecule has 0 atom stereocenters. The summed E-state index contributed by atoms with van der Waals surface area (Å²) in [6.45, 7) is 9.08. The quantitative estimate of drug-likeness (QED) is 0.562. The van der Waals surface area contributed by atoms with Crippen LogP contribution in [0.25, 0.3) is 10.9 Å². The lowest BCUT2D eigenvalue weighted by molar-refractivity contribution is 0.641. The first kappa shape index (κ1) is 13.9. The van der Waals surface area contributed by atoms with Crippen LogP contribution in [0.4, 0.5) is 0 Å². The largest absolute Gasteiger partial charge is 0.343 e. The molecule has 2 aromatic rings. The minimum absolute atomic E-state index is 0.887. The van der Waals surface area contributed by atoms with Gasteiger partial charge in [0, 0.05) is 23.6 Å². The Bertz CT molecular complexity index is 525. The zero-order valence-corrected chi connectivity index (χ0v) is 11.9. The first-order valence-electron chi connectivity index (χ1n) is 7.25. The van der Waals surface area contributed by atoms with Gasteiger partial charge in [0.15, 0.2) is 0 Å². The summed E-state index contributed by atoms with van der Waals surface area (Å²) in [6.07, 6.45) is 7.90. The van der Waals surface area contributed by atoms with E-state index < -0.39 is 0 Å². The Hall–Kier alpha value is -1.54. The van der Waals surface area contributed by atoms with Crippen molar-refractivity contribution in [3.8, 4) is 0 Å². The maximum absolute atomic E-state index is 3.84. The molecular weight excluding hydrogens is 232 g/mol. The number of hydrogen-bond acceptors (Lipinski definition) is 1. The van der Waals surface area contributed by atoms with Crippen molar-refractivity contribution in [1.29, 1.82) is 0 Å². The molecule has 0 unspecified atom stereocenters. The normalized spacial score (nSPS) is 11.0. The Morgan fingerprint density at radius 2 is 2.11 bits per heavy atom. The number of aryl methyl sites for hydroxylation is 1. The van der Waals surface area contributed by atoms with E-state index in [4.69, 9.17) is 0 Å². The van der Waals surface area contributed by atoms with Crippen molar-refractivity contribution in [1.82, 2.24) is 9.88 Å². The molecule has 0 spiro atoms. The average Bonchev–Trinajstić information content (AvgIpc) is 2.78. The van der Waals surface area contributed by atoms with Crippen molar-refractivity contribution < 1.29 is 0 Å². The fraction of sp³-hybridized carbons (Fsp3) is 0.412. The molecule has 1 aromatic carbocycles. The lowest BCUT2D eigenvalue weighted by Gasteiger charge is -2.01. The highest BCUT2D eigenvalue weighted by atomic mass is 14.9. The smallest absolute Gasteiger partial charge is 0.0486 e. The van der Waals surface area contributed by atoms with Crippen molar-refractivity contribution >= 4 is 10.9 Å². The minimum atomic E-state index is 0.887. The molecule has 2 heteroatoms. The number of rotatable bonds is 8. The average molecular weight is 256 g/mol. The number of benzene rings is 1. The first-order valence-corrected chi connectivity index (χ1v) is 7.25. The van der Waals surface area contributed by atoms with E-state index in [2.05, 4.69) is 53.8 Å². The molecule has 2 nitrogen and oxygen atoms in total. The van der Waals surface area contributed by atoms with Crippen molar-refractivity contribution in [3.63, 3.8) is 0 Å². The number of aromatic nitrogens is 1. The summed E-state index contributed by atoms with van der Waals surface area (Å²) in [7, 11) is 0. The second kappa shape index (κ2) is 7.15. The molecule has 0 aliphatic rings. The van der Waals surface area contributed by atoms with Crippen molar-refractivity contribution in [3.05, 3.63) is 48.7 Å². The molecule has 1 heterocycles. The summed E-state index contributed by atoms with van der Waals surface area (Å²) in [5.74, 6) is 0. The van der Waals surface area contributed by atoms with Gasteiger partial charge in [0.1, 0.15) is 0 Å². The molecule has 1 N–H and O–H groups in total. The minimum Gasteiger partial charge on any atom is -0.343 e. The second-order valence-electron chi connectivity index (χ2n) is 4.92. The van der Waals surface area contributed by atoms with Gasteiger partial charge in [-0.15, -0.1) is 6.58 Å². The molecule has 0 aliphatic heterocycles. The number of nitrogens with one attached hydrogen (secondary N) is 1. The van der Waals surface area contributed by atoms with Gasteiger partial charge in [0.2, 0.25) is 0 Å². The van der Waals surface area contributed by atoms with Gasteiger partial charge in [-0.05, 0) is 44.0 Å². The van der Waals surface area contributed by atoms with Gasteiger partial charge in [-0.2, -0.15) is 0 Å². The van der Waals surface area contributed by atoms with E-state index in [1.54, 1.807) is 0 Å². The van der Waals surface area contributed by atoms with Gasteiger partial charge in [0.05, 0.1) is 0 Å². The lowest BCUT2D eigenvalue weighted by Crippen LogP contribution is -2.13. The maximum atomic E-state index is 3.84. The highest BCUT2D eigenvalue weighted by Gasteiger charge is 2.06. The van der Waals surface area contributed by atoms with E-state index >= 15 is 0 Å². The lowest BCUT2D eigenvalue weighted by atomic mass is 10.1. The van der Waals surface area contributed by atoms with Crippen molar-refractivity contribution in [2.75, 3.05) is 13.1 Å². The van der Waals surface area contributed by atoms with E-state index in [1.165, 1.54) is 29.3 Å². The third-order valence-electron chi connectivity index (χ3n) is 3.50. The fourth-order valence-electron chi connectivity index (χ4n) is 2.55. The SMILES string of the molecule is C=CCn1cc(CCCCNCC)c2ccccc21. The zero-order valence-electron chi connectivity index (χ0n) is 11.9. The van der Waals surface area contributed by atoms with Crippen molar-refractivity contribution in [2.24, 2.45) is 0 Å². The summed E-state index contributed by atoms with van der Waals surface area (Å²) in [6, 6.07) is 8.66. The van der Waals surface area contributed by atoms with Crippen LogP contribution in [0.5, 0.6) is 0 Å². The maximum Gasteiger partial charge on any atom is 0.0486 e. The van der Waals surface area contributed by atoms with E-state index in [1.807, 2.05) is 6.08 Å². The molecule has 0 saturated carbocycles. The first-order chi connectivity index (χ1) is 9.36. The predicted molar refractivity (Wildman–Crippen MR) is 83.6 cm³/mol. The highest BCUT2D eigenvalue weighted by Crippen LogP contribution is 2.22. The molecule has 0 saturated heterocycles. The molecule has 19 heavy (non-hydrogen) atoms. The highest BCUT2D eigenvalue weighted by molar-refractivity contribution is 5.84. The molecular formula is C17H24N2. The van der Waals surface area contributed by atoms with Crippen LogP contribution in [-0.2, 0) is 13.0 Å². The third-order valence-corrected chi connectivity index (χ3v) is 3.50. The Kier molecular flexibility index (Phi) is 5.22. The molecule has 2 rings (SSSR count). The van der Waals surface area contributed by atoms with Crippen LogP contribution in [0.2, 0.25) is 0 Å². The standard InChI is InChI=1S/C17H24N2/c1-3-13-19-14-15(9-7-8-12-18-4-2)16-10-5-6-11-17(16)19/h3,5-6,10-11,14,18H,1,4,7-9,12-13H2,2H3. The van der Waals surface area contributed by atoms with E-state index in [0.717, 1.165) is 26.1 Å². The van der Waals surface area contributed by atoms with E-state index in [0.29, 0.717) is 0 Å². The summed E-state index contributed by atoms with van der Waals surface area (Å²) in [5.41, 5.74) is 2.79. The van der Waals surface area contributed by atoms with Crippen molar-refractivity contribution in [2.45, 2.75) is 32.7 Å². The van der Waals surface area contributed by atoms with Crippen LogP contribution < -0.4 is 5.32 Å². The monoisotopic (exact) mass is 256 g/mol. The summed E-state index contributed by atoms with van der Waals surface area (Å²) in [4.78, 5) is 0. The number of nitrogens with zero attached hydrogens (tertiary/aromatic N) is 1. The Balaban J connectivity index is 2.07. The van der Waals surface area contributed by atoms with Crippen LogP contribution in [-0.4, -0.2) is 17.7 Å². The molecule has 0 fully saturated rings. The topological polar surface area (TPSA) is 17.0 Å². The molecule has 0 aliphatic carbocycles. The van der Waals surface area contributed by atoms with Gasteiger partial charge in [-0.25, -0.2) is 0 Å². The molecule has 0 amide bonds. The molecule has 0 radical (unpaired) electrons. The van der Waals surface area contributed by atoms with Gasteiger partial charge in [-0.3, -0.25) is 0 Å². The van der Waals surface area contributed by atoms with E-state index in [-0.39, 0.29) is 0 Å². The van der Waals surface area contributed by atoms with E-state index in [9.17, 15) is 0 Å². The predicted octanol–water partition coefficient (Wildman–Crippen LogP) is 3.76. The Morgan fingerprint density at radius 3 is 2.89 bits per heavy atom. The Morgan fingerprint density at radius 1 is 1.26 bits per heavy atom. The number of unbranched alkanes of at least 4 members (excludes halogenated alkanes) is 1. The third kappa shape index (κ3) is 3.48. The van der Waals surface area contributed by atoms with Crippen LogP contribution in [0, 0.1) is 0 Å². The Labute approximate surface area is 116 Å². The van der Waals surface area contributed by atoms with Gasteiger partial charge in [-0.1, -0.05) is 31.2 Å². The van der Waals surface area contributed by atoms with Crippen LogP contribution in [0.1, 0.15) is 25.3 Å². The number of allylic oxidation sites excluding steroid dienone is 1. The molecule has 102 valence electrons. The van der Waals surface area contributed by atoms with Gasteiger partial charge < -0.3 is 9.88 Å². The van der Waals surface area contributed by atoms with Gasteiger partial charge >= 0.3 is 0 Å². The summed E-state index contributed by atoms with van der Waals surface area (Å²) < 4.78 is 2.29. The molecule has 0 bridgehead atoms. The zero-order chi connectivity index (χ0) is 13.5. The van der Waals surface area contributed by atoms with Crippen LogP contribution in [0.3, 0.4) is 0 Å². The van der Waals surface area contributed by atoms with Crippen LogP contribution >= 0.6 is 0 Å². The summed E-state index contributed by atoms with van der Waals surface area (Å²) in [5, 5.41) is 4.77. The fourth-order valence-corrected chi connectivity index (χ4v) is 2.55. The number of fused-ring (bicyclic) bond motifs is 1. The van der Waals surface area contributed by atoms with Gasteiger partial charge in [0.25, 0.3) is 0 Å². The molecule has 1 aromatic heterocycles. The second-order valence-corrected chi connectivity index (χ2v) is 4.92. The van der Waals surface area contributed by atoms with Crippen LogP contribution in [0.15, 0.2) is 43.1 Å². The number of hydrogen-bond donors (Lipinski definition) is 1.